The molecule has 4 rings (SSSR count). The van der Waals surface area contributed by atoms with E-state index in [0.717, 1.165) is 15.3 Å². The van der Waals surface area contributed by atoms with Gasteiger partial charge in [0.15, 0.2) is 5.01 Å². The van der Waals surface area contributed by atoms with E-state index in [9.17, 15) is 18.0 Å². The van der Waals surface area contributed by atoms with E-state index < -0.39 is 21.8 Å². The third-order valence-electron chi connectivity index (χ3n) is 4.66. The molecule has 0 fully saturated rings. The number of carbonyl (C=O) groups excluding carboxylic acids is 2. The molecule has 0 aliphatic heterocycles. The SMILES string of the molecule is COC(=O)Cc1c(C(=O)c2nccs2)n(S(=O)(=O)c2ccccc2)c2ccc(Cl)cc12. The lowest BCUT2D eigenvalue weighted by Gasteiger charge is -2.12. The standard InChI is InChI=1S/C21H15ClN2O5S2/c1-29-18(25)12-16-15-11-13(22)7-8-17(15)24(19(16)20(26)21-23-9-10-30-21)31(27,28)14-5-3-2-4-6-14/h2-11H,12H2,1H3. The first-order valence-electron chi connectivity index (χ1n) is 8.99. The number of rotatable bonds is 6. The van der Waals surface area contributed by atoms with Crippen molar-refractivity contribution in [3.63, 3.8) is 0 Å². The molecule has 0 amide bonds. The molecule has 10 heteroatoms. The van der Waals surface area contributed by atoms with Crippen molar-refractivity contribution in [2.24, 2.45) is 0 Å². The highest BCUT2D eigenvalue weighted by atomic mass is 35.5. The van der Waals surface area contributed by atoms with Gasteiger partial charge in [-0.25, -0.2) is 17.4 Å². The third-order valence-corrected chi connectivity index (χ3v) is 7.40. The summed E-state index contributed by atoms with van der Waals surface area (Å²) in [6.07, 6.45) is 1.14. The Balaban J connectivity index is 2.12. The van der Waals surface area contributed by atoms with E-state index in [1.54, 1.807) is 23.6 Å². The Bertz CT molecular complexity index is 1390. The smallest absolute Gasteiger partial charge is 0.310 e. The van der Waals surface area contributed by atoms with Crippen LogP contribution >= 0.6 is 22.9 Å². The summed E-state index contributed by atoms with van der Waals surface area (Å²) < 4.78 is 33.0. The van der Waals surface area contributed by atoms with Gasteiger partial charge in [-0.2, -0.15) is 0 Å². The molecule has 2 aromatic heterocycles. The number of methoxy groups -OCH3 is 1. The topological polar surface area (TPSA) is 95.3 Å². The van der Waals surface area contributed by atoms with Crippen molar-refractivity contribution >= 4 is 55.6 Å². The normalized spacial score (nSPS) is 11.5. The van der Waals surface area contributed by atoms with Crippen LogP contribution in [0, 0.1) is 0 Å². The number of carbonyl (C=O) groups is 2. The molecule has 31 heavy (non-hydrogen) atoms. The zero-order chi connectivity index (χ0) is 22.2. The fraction of sp³-hybridized carbons (Fsp3) is 0.0952. The van der Waals surface area contributed by atoms with Gasteiger partial charge < -0.3 is 4.74 Å². The van der Waals surface area contributed by atoms with Crippen LogP contribution in [0.5, 0.6) is 0 Å². The molecule has 2 aromatic carbocycles. The van der Waals surface area contributed by atoms with Crippen molar-refractivity contribution in [2.45, 2.75) is 11.3 Å². The summed E-state index contributed by atoms with van der Waals surface area (Å²) in [4.78, 5) is 29.6. The molecule has 0 aliphatic carbocycles. The van der Waals surface area contributed by atoms with Gasteiger partial charge in [0.1, 0.15) is 5.69 Å². The number of fused-ring (bicyclic) bond motifs is 1. The monoisotopic (exact) mass is 474 g/mol. The summed E-state index contributed by atoms with van der Waals surface area (Å²) in [6, 6.07) is 12.3. The number of thiazole rings is 1. The third kappa shape index (κ3) is 3.76. The zero-order valence-electron chi connectivity index (χ0n) is 16.1. The summed E-state index contributed by atoms with van der Waals surface area (Å²) >= 11 is 7.24. The number of ketones is 1. The molecule has 0 aliphatic rings. The fourth-order valence-electron chi connectivity index (χ4n) is 3.31. The lowest BCUT2D eigenvalue weighted by Crippen LogP contribution is -2.21. The van der Waals surface area contributed by atoms with Crippen molar-refractivity contribution in [3.05, 3.63) is 81.4 Å². The van der Waals surface area contributed by atoms with E-state index in [-0.39, 0.29) is 33.1 Å². The molecule has 0 spiro atoms. The minimum Gasteiger partial charge on any atom is -0.469 e. The lowest BCUT2D eigenvalue weighted by atomic mass is 10.1. The molecular formula is C21H15ClN2O5S2. The van der Waals surface area contributed by atoms with E-state index in [2.05, 4.69) is 4.98 Å². The number of hydrogen-bond donors (Lipinski definition) is 0. The van der Waals surface area contributed by atoms with Gasteiger partial charge in [0.25, 0.3) is 10.0 Å². The quantitative estimate of drug-likeness (QED) is 0.310. The van der Waals surface area contributed by atoms with Gasteiger partial charge in [0.2, 0.25) is 5.78 Å². The molecule has 0 saturated heterocycles. The maximum absolute atomic E-state index is 13.6. The summed E-state index contributed by atoms with van der Waals surface area (Å²) in [5.74, 6) is -1.23. The number of nitrogens with zero attached hydrogens (tertiary/aromatic N) is 2. The first-order valence-corrected chi connectivity index (χ1v) is 11.7. The average Bonchev–Trinajstić information content (AvgIpc) is 3.41. The summed E-state index contributed by atoms with van der Waals surface area (Å²) in [6.45, 7) is 0. The Kier molecular flexibility index (Phi) is 5.65. The Hall–Kier alpha value is -3.01. The molecule has 4 aromatic rings. The Morgan fingerprint density at radius 1 is 1.16 bits per heavy atom. The van der Waals surface area contributed by atoms with Gasteiger partial charge in [-0.1, -0.05) is 29.8 Å². The van der Waals surface area contributed by atoms with Gasteiger partial charge in [-0.3, -0.25) is 9.59 Å². The number of ether oxygens (including phenoxy) is 1. The average molecular weight is 475 g/mol. The first kappa shape index (κ1) is 21.2. The molecule has 0 atom stereocenters. The maximum atomic E-state index is 13.6. The van der Waals surface area contributed by atoms with Crippen molar-refractivity contribution in [1.82, 2.24) is 8.96 Å². The summed E-state index contributed by atoms with van der Waals surface area (Å²) in [7, 11) is -2.97. The predicted octanol–water partition coefficient (Wildman–Crippen LogP) is 3.93. The second-order valence-electron chi connectivity index (χ2n) is 6.49. The maximum Gasteiger partial charge on any atom is 0.310 e. The number of hydrogen-bond acceptors (Lipinski definition) is 7. The Morgan fingerprint density at radius 3 is 2.55 bits per heavy atom. The predicted molar refractivity (Wildman–Crippen MR) is 117 cm³/mol. The molecule has 0 N–H and O–H groups in total. The molecule has 0 unspecified atom stereocenters. The van der Waals surface area contributed by atoms with Crippen molar-refractivity contribution < 1.29 is 22.7 Å². The number of benzene rings is 2. The van der Waals surface area contributed by atoms with E-state index in [4.69, 9.17) is 16.3 Å². The van der Waals surface area contributed by atoms with Crippen LogP contribution < -0.4 is 0 Å². The number of aromatic nitrogens is 2. The van der Waals surface area contributed by atoms with Crippen molar-refractivity contribution in [1.29, 1.82) is 0 Å². The van der Waals surface area contributed by atoms with Crippen molar-refractivity contribution in [3.8, 4) is 0 Å². The minimum absolute atomic E-state index is 0.000318. The van der Waals surface area contributed by atoms with Crippen LogP contribution in [0.3, 0.4) is 0 Å². The van der Waals surface area contributed by atoms with Crippen LogP contribution in [0.2, 0.25) is 5.02 Å². The Morgan fingerprint density at radius 2 is 1.90 bits per heavy atom. The molecular weight excluding hydrogens is 460 g/mol. The van der Waals surface area contributed by atoms with Gasteiger partial charge in [-0.05, 0) is 30.3 Å². The first-order chi connectivity index (χ1) is 14.8. The van der Waals surface area contributed by atoms with Crippen LogP contribution in [0.4, 0.5) is 0 Å². The van der Waals surface area contributed by atoms with Crippen molar-refractivity contribution in [2.75, 3.05) is 7.11 Å². The molecule has 158 valence electrons. The fourth-order valence-corrected chi connectivity index (χ4v) is 5.62. The van der Waals surface area contributed by atoms with Gasteiger partial charge >= 0.3 is 5.97 Å². The van der Waals surface area contributed by atoms with Gasteiger partial charge in [0, 0.05) is 27.5 Å². The highest BCUT2D eigenvalue weighted by molar-refractivity contribution is 7.90. The zero-order valence-corrected chi connectivity index (χ0v) is 18.5. The van der Waals surface area contributed by atoms with E-state index >= 15 is 0 Å². The van der Waals surface area contributed by atoms with E-state index in [1.165, 1.54) is 43.6 Å². The second-order valence-corrected chi connectivity index (χ2v) is 9.61. The highest BCUT2D eigenvalue weighted by Gasteiger charge is 2.33. The van der Waals surface area contributed by atoms with E-state index in [0.29, 0.717) is 10.4 Å². The summed E-state index contributed by atoms with van der Waals surface area (Å²) in [5, 5.41) is 2.42. The van der Waals surface area contributed by atoms with Crippen LogP contribution in [0.1, 0.15) is 21.1 Å². The molecule has 7 nitrogen and oxygen atoms in total. The van der Waals surface area contributed by atoms with Crippen LogP contribution in [-0.4, -0.2) is 36.2 Å². The van der Waals surface area contributed by atoms with Gasteiger partial charge in [0.05, 0.1) is 23.9 Å². The summed E-state index contributed by atoms with van der Waals surface area (Å²) in [5.41, 5.74) is 0.276. The highest BCUT2D eigenvalue weighted by Crippen LogP contribution is 2.34. The second kappa shape index (κ2) is 8.26. The van der Waals surface area contributed by atoms with Gasteiger partial charge in [-0.15, -0.1) is 11.3 Å². The Labute approximate surface area is 186 Å². The van der Waals surface area contributed by atoms with Crippen LogP contribution in [-0.2, 0) is 26.0 Å². The van der Waals surface area contributed by atoms with E-state index in [1.807, 2.05) is 0 Å². The number of halogens is 1. The molecule has 0 radical (unpaired) electrons. The molecule has 0 saturated carbocycles. The molecule has 2 heterocycles. The lowest BCUT2D eigenvalue weighted by molar-refractivity contribution is -0.139. The van der Waals surface area contributed by atoms with Crippen LogP contribution in [0.25, 0.3) is 10.9 Å². The minimum atomic E-state index is -4.19. The largest absolute Gasteiger partial charge is 0.469 e. The number of esters is 1. The molecule has 0 bridgehead atoms. The van der Waals surface area contributed by atoms with Crippen LogP contribution in [0.15, 0.2) is 65.0 Å².